The molecule has 0 spiro atoms. The number of rotatable bonds is 10. The van der Waals surface area contributed by atoms with Gasteiger partial charge in [-0.25, -0.2) is 4.79 Å². The number of carboxylic acid groups (broad SMARTS) is 2. The van der Waals surface area contributed by atoms with Gasteiger partial charge < -0.3 is 31.5 Å². The molecule has 2 heterocycles. The fourth-order valence-corrected chi connectivity index (χ4v) is 5.76. The molecule has 2 aromatic carbocycles. The minimum Gasteiger partial charge on any atom is -0.481 e. The third-order valence-electron chi connectivity index (χ3n) is 7.40. The molecule has 2 aliphatic heterocycles. The molecule has 4 amide bonds. The second-order valence-electron chi connectivity index (χ2n) is 11.0. The van der Waals surface area contributed by atoms with Gasteiger partial charge in [-0.1, -0.05) is 64.1 Å². The monoisotopic (exact) mass is 580 g/mol. The lowest BCUT2D eigenvalue weighted by Gasteiger charge is -2.33. The van der Waals surface area contributed by atoms with Gasteiger partial charge in [-0.2, -0.15) is 0 Å². The lowest BCUT2D eigenvalue weighted by Crippen LogP contribution is -2.48. The molecule has 6 N–H and O–H groups in total. The van der Waals surface area contributed by atoms with Crippen molar-refractivity contribution in [2.45, 2.75) is 64.7 Å². The van der Waals surface area contributed by atoms with E-state index in [1.165, 1.54) is 9.80 Å². The van der Waals surface area contributed by atoms with Crippen molar-refractivity contribution < 1.29 is 39.0 Å². The van der Waals surface area contributed by atoms with E-state index >= 15 is 0 Å². The van der Waals surface area contributed by atoms with E-state index in [4.69, 9.17) is 16.6 Å². The van der Waals surface area contributed by atoms with Gasteiger partial charge in [0.25, 0.3) is 11.8 Å². The van der Waals surface area contributed by atoms with Crippen LogP contribution in [-0.4, -0.2) is 67.7 Å². The van der Waals surface area contributed by atoms with E-state index in [2.05, 4.69) is 0 Å². The number of hydrogen-bond acceptors (Lipinski definition) is 6. The molecule has 4 unspecified atom stereocenters. The number of primary amides is 2. The van der Waals surface area contributed by atoms with Crippen LogP contribution >= 0.6 is 0 Å². The normalized spacial score (nSPS) is 18.7. The first-order valence-electron chi connectivity index (χ1n) is 13.5. The fourth-order valence-electron chi connectivity index (χ4n) is 5.76. The van der Waals surface area contributed by atoms with Gasteiger partial charge in [-0.3, -0.25) is 24.0 Å². The standard InChI is InChI=1S/2C15H18N2O4/c1-8(2)13-9-5-3-4-6-10(9)15(21)17(13)11(14(16)20)7-12(18)19;1-8(2)13-9-5-3-4-6-10(9)14(19)17(13)11(15(20)21)7-12(16)18/h3-6,8,11,13H,7H2,1-2H3,(H2,16,20)(H,18,19);3-6,8,11,13H,7H2,1-2H3,(H2,16,18)(H,20,21). The zero-order chi connectivity index (χ0) is 31.5. The van der Waals surface area contributed by atoms with Crippen LogP contribution in [0.5, 0.6) is 0 Å². The van der Waals surface area contributed by atoms with Gasteiger partial charge in [0.05, 0.1) is 24.9 Å². The number of nitrogens with zero attached hydrogens (tertiary/aromatic N) is 2. The molecule has 2 aromatic rings. The van der Waals surface area contributed by atoms with Crippen molar-refractivity contribution in [3.8, 4) is 0 Å². The van der Waals surface area contributed by atoms with Crippen LogP contribution in [0.2, 0.25) is 0 Å². The maximum Gasteiger partial charge on any atom is 0.326 e. The minimum absolute atomic E-state index is 0.0207. The number of carbonyl (C=O) groups is 6. The van der Waals surface area contributed by atoms with Crippen molar-refractivity contribution in [3.63, 3.8) is 0 Å². The van der Waals surface area contributed by atoms with E-state index in [0.717, 1.165) is 11.1 Å². The SMILES string of the molecule is CC(C)C1c2ccccc2C(=O)N1C(CC(=O)O)C(N)=O.CC(C)C1c2ccccc2C(=O)N1C(CC(N)=O)C(=O)O. The predicted molar refractivity (Wildman–Crippen MR) is 151 cm³/mol. The Morgan fingerprint density at radius 1 is 0.714 bits per heavy atom. The summed E-state index contributed by atoms with van der Waals surface area (Å²) in [4.78, 5) is 73.0. The quantitative estimate of drug-likeness (QED) is 0.328. The van der Waals surface area contributed by atoms with Crippen LogP contribution in [0.1, 0.15) is 84.5 Å². The molecule has 12 heteroatoms. The summed E-state index contributed by atoms with van der Waals surface area (Å²) in [6.07, 6.45) is -0.878. The molecule has 224 valence electrons. The highest BCUT2D eigenvalue weighted by Crippen LogP contribution is 2.41. The number of aliphatic carboxylic acids is 2. The highest BCUT2D eigenvalue weighted by molar-refractivity contribution is 6.03. The van der Waals surface area contributed by atoms with E-state index in [9.17, 15) is 33.9 Å². The lowest BCUT2D eigenvalue weighted by atomic mass is 9.94. The first-order chi connectivity index (χ1) is 19.7. The number of carboxylic acids is 2. The Kier molecular flexibility index (Phi) is 9.71. The van der Waals surface area contributed by atoms with Crippen LogP contribution in [-0.2, 0) is 19.2 Å². The fraction of sp³-hybridized carbons (Fsp3) is 0.400. The van der Waals surface area contributed by atoms with Crippen molar-refractivity contribution >= 4 is 35.6 Å². The third kappa shape index (κ3) is 6.27. The summed E-state index contributed by atoms with van der Waals surface area (Å²) in [5.41, 5.74) is 13.1. The molecule has 0 radical (unpaired) electrons. The molecular weight excluding hydrogens is 544 g/mol. The summed E-state index contributed by atoms with van der Waals surface area (Å²) in [5, 5.41) is 18.4. The summed E-state index contributed by atoms with van der Waals surface area (Å²) >= 11 is 0. The molecule has 4 atom stereocenters. The summed E-state index contributed by atoms with van der Waals surface area (Å²) in [6, 6.07) is 11.0. The highest BCUT2D eigenvalue weighted by Gasteiger charge is 2.45. The van der Waals surface area contributed by atoms with Crippen molar-refractivity contribution in [2.24, 2.45) is 23.3 Å². The molecule has 12 nitrogen and oxygen atoms in total. The zero-order valence-electron chi connectivity index (χ0n) is 23.9. The largest absolute Gasteiger partial charge is 0.481 e. The maximum absolute atomic E-state index is 12.6. The second kappa shape index (κ2) is 12.8. The minimum atomic E-state index is -1.24. The van der Waals surface area contributed by atoms with Gasteiger partial charge in [-0.05, 0) is 35.1 Å². The Morgan fingerprint density at radius 3 is 1.45 bits per heavy atom. The Bertz CT molecular complexity index is 1300. The summed E-state index contributed by atoms with van der Waals surface area (Å²) < 4.78 is 0. The van der Waals surface area contributed by atoms with Gasteiger partial charge in [0.2, 0.25) is 11.8 Å². The van der Waals surface area contributed by atoms with E-state index < -0.39 is 48.7 Å². The maximum atomic E-state index is 12.6. The van der Waals surface area contributed by atoms with Crippen molar-refractivity contribution in [2.75, 3.05) is 0 Å². The van der Waals surface area contributed by atoms with Gasteiger partial charge in [0, 0.05) is 11.1 Å². The number of hydrogen-bond donors (Lipinski definition) is 4. The van der Waals surface area contributed by atoms with Crippen molar-refractivity contribution in [3.05, 3.63) is 70.8 Å². The van der Waals surface area contributed by atoms with Crippen molar-refractivity contribution in [1.29, 1.82) is 0 Å². The zero-order valence-corrected chi connectivity index (χ0v) is 23.9. The first-order valence-corrected chi connectivity index (χ1v) is 13.5. The van der Waals surface area contributed by atoms with Crippen LogP contribution in [0.15, 0.2) is 48.5 Å². The van der Waals surface area contributed by atoms with Crippen LogP contribution < -0.4 is 11.5 Å². The first kappa shape index (κ1) is 31.8. The third-order valence-corrected chi connectivity index (χ3v) is 7.40. The Balaban J connectivity index is 0.000000230. The van der Waals surface area contributed by atoms with Crippen molar-refractivity contribution in [1.82, 2.24) is 9.80 Å². The molecular formula is C30H36N4O8. The Morgan fingerprint density at radius 2 is 1.12 bits per heavy atom. The molecule has 0 fully saturated rings. The predicted octanol–water partition coefficient (Wildman–Crippen LogP) is 2.34. The van der Waals surface area contributed by atoms with Gasteiger partial charge in [0.15, 0.2) is 0 Å². The molecule has 4 rings (SSSR count). The van der Waals surface area contributed by atoms with E-state index in [-0.39, 0.29) is 35.7 Å². The van der Waals surface area contributed by atoms with E-state index in [1.54, 1.807) is 24.3 Å². The second-order valence-corrected chi connectivity index (χ2v) is 11.0. The highest BCUT2D eigenvalue weighted by atomic mass is 16.4. The van der Waals surface area contributed by atoms with E-state index in [0.29, 0.717) is 11.1 Å². The average Bonchev–Trinajstić information content (AvgIpc) is 3.37. The Labute approximate surface area is 243 Å². The van der Waals surface area contributed by atoms with Crippen LogP contribution in [0, 0.1) is 11.8 Å². The smallest absolute Gasteiger partial charge is 0.326 e. The summed E-state index contributed by atoms with van der Waals surface area (Å²) in [6.45, 7) is 7.67. The lowest BCUT2D eigenvalue weighted by molar-refractivity contribution is -0.145. The molecule has 2 aliphatic rings. The number of carbonyl (C=O) groups excluding carboxylic acids is 4. The molecule has 0 saturated heterocycles. The average molecular weight is 581 g/mol. The molecule has 0 saturated carbocycles. The summed E-state index contributed by atoms with van der Waals surface area (Å²) in [7, 11) is 0. The Hall–Kier alpha value is -4.74. The molecule has 0 aliphatic carbocycles. The number of nitrogens with two attached hydrogens (primary N) is 2. The molecule has 42 heavy (non-hydrogen) atoms. The molecule has 0 bridgehead atoms. The van der Waals surface area contributed by atoms with Gasteiger partial charge in [0.1, 0.15) is 12.1 Å². The topological polar surface area (TPSA) is 201 Å². The number of amides is 4. The number of benzene rings is 2. The van der Waals surface area contributed by atoms with Gasteiger partial charge >= 0.3 is 11.9 Å². The molecule has 0 aromatic heterocycles. The van der Waals surface area contributed by atoms with E-state index in [1.807, 2.05) is 52.0 Å². The van der Waals surface area contributed by atoms with Crippen LogP contribution in [0.4, 0.5) is 0 Å². The van der Waals surface area contributed by atoms with Crippen LogP contribution in [0.3, 0.4) is 0 Å². The summed E-state index contributed by atoms with van der Waals surface area (Å²) in [5.74, 6) is -4.57. The van der Waals surface area contributed by atoms with Gasteiger partial charge in [-0.15, -0.1) is 0 Å². The van der Waals surface area contributed by atoms with Crippen LogP contribution in [0.25, 0.3) is 0 Å². The number of fused-ring (bicyclic) bond motifs is 2.